The Bertz CT molecular complexity index is 182. The molecule has 0 aliphatic carbocycles. The molecule has 0 saturated carbocycles. The highest BCUT2D eigenvalue weighted by atomic mass is 16.5. The summed E-state index contributed by atoms with van der Waals surface area (Å²) < 4.78 is 5.41. The summed E-state index contributed by atoms with van der Waals surface area (Å²) in [6.07, 6.45) is 3.82. The first kappa shape index (κ1) is 11.4. The molecule has 0 aromatic carbocycles. The summed E-state index contributed by atoms with van der Waals surface area (Å²) in [6, 6.07) is 0.377. The maximum absolute atomic E-state index is 5.94. The van der Waals surface area contributed by atoms with E-state index in [2.05, 4.69) is 11.8 Å². The molecule has 3 heteroatoms. The van der Waals surface area contributed by atoms with Gasteiger partial charge in [0.15, 0.2) is 0 Å². The topological polar surface area (TPSA) is 38.5 Å². The van der Waals surface area contributed by atoms with Crippen molar-refractivity contribution in [1.29, 1.82) is 0 Å². The number of nitrogens with zero attached hydrogens (tertiary/aromatic N) is 1. The number of ether oxygens (including phenoxy) is 1. The SMILES string of the molecule is CC(N)C1CCN(CC2CCOC2)CC1. The van der Waals surface area contributed by atoms with Gasteiger partial charge < -0.3 is 15.4 Å². The highest BCUT2D eigenvalue weighted by molar-refractivity contribution is 4.79. The molecule has 2 N–H and O–H groups in total. The van der Waals surface area contributed by atoms with E-state index in [9.17, 15) is 0 Å². The minimum absolute atomic E-state index is 0.377. The Kier molecular flexibility index (Phi) is 4.00. The fourth-order valence-corrected chi connectivity index (χ4v) is 2.75. The van der Waals surface area contributed by atoms with Gasteiger partial charge in [-0.2, -0.15) is 0 Å². The number of hydrogen-bond donors (Lipinski definition) is 1. The van der Waals surface area contributed by atoms with E-state index in [0.717, 1.165) is 25.0 Å². The molecule has 2 aliphatic rings. The lowest BCUT2D eigenvalue weighted by molar-refractivity contribution is 0.135. The van der Waals surface area contributed by atoms with Gasteiger partial charge in [0, 0.05) is 19.2 Å². The molecule has 2 atom stereocenters. The van der Waals surface area contributed by atoms with Gasteiger partial charge in [0.05, 0.1) is 6.61 Å². The summed E-state index contributed by atoms with van der Waals surface area (Å²) in [6.45, 7) is 7.82. The molecule has 2 rings (SSSR count). The first-order chi connectivity index (χ1) is 7.25. The highest BCUT2D eigenvalue weighted by Crippen LogP contribution is 2.22. The zero-order valence-corrected chi connectivity index (χ0v) is 9.82. The summed E-state index contributed by atoms with van der Waals surface area (Å²) in [5.41, 5.74) is 5.94. The molecule has 0 bridgehead atoms. The lowest BCUT2D eigenvalue weighted by atomic mass is 9.90. The average molecular weight is 212 g/mol. The van der Waals surface area contributed by atoms with Gasteiger partial charge in [-0.05, 0) is 51.1 Å². The van der Waals surface area contributed by atoms with Crippen molar-refractivity contribution in [2.45, 2.75) is 32.2 Å². The molecule has 0 radical (unpaired) electrons. The third-order valence-corrected chi connectivity index (χ3v) is 3.92. The van der Waals surface area contributed by atoms with Gasteiger partial charge in [-0.25, -0.2) is 0 Å². The molecule has 0 aromatic heterocycles. The summed E-state index contributed by atoms with van der Waals surface area (Å²) in [4.78, 5) is 2.60. The van der Waals surface area contributed by atoms with Crippen LogP contribution in [0.3, 0.4) is 0 Å². The van der Waals surface area contributed by atoms with Crippen molar-refractivity contribution in [2.75, 3.05) is 32.8 Å². The van der Waals surface area contributed by atoms with E-state index < -0.39 is 0 Å². The van der Waals surface area contributed by atoms with Gasteiger partial charge in [0.25, 0.3) is 0 Å². The molecule has 0 amide bonds. The second-order valence-corrected chi connectivity index (χ2v) is 5.23. The van der Waals surface area contributed by atoms with Gasteiger partial charge >= 0.3 is 0 Å². The van der Waals surface area contributed by atoms with Gasteiger partial charge in [-0.15, -0.1) is 0 Å². The van der Waals surface area contributed by atoms with Crippen LogP contribution in [-0.4, -0.2) is 43.8 Å². The van der Waals surface area contributed by atoms with Crippen molar-refractivity contribution < 1.29 is 4.74 Å². The van der Waals surface area contributed by atoms with Crippen LogP contribution in [-0.2, 0) is 4.74 Å². The minimum Gasteiger partial charge on any atom is -0.381 e. The van der Waals surface area contributed by atoms with Gasteiger partial charge in [0.1, 0.15) is 0 Å². The van der Waals surface area contributed by atoms with Crippen LogP contribution in [0, 0.1) is 11.8 Å². The monoisotopic (exact) mass is 212 g/mol. The molecule has 2 aliphatic heterocycles. The van der Waals surface area contributed by atoms with Crippen molar-refractivity contribution in [1.82, 2.24) is 4.90 Å². The summed E-state index contributed by atoms with van der Waals surface area (Å²) in [7, 11) is 0. The highest BCUT2D eigenvalue weighted by Gasteiger charge is 2.24. The van der Waals surface area contributed by atoms with Crippen LogP contribution in [0.25, 0.3) is 0 Å². The summed E-state index contributed by atoms with van der Waals surface area (Å²) in [5.74, 6) is 1.54. The second-order valence-electron chi connectivity index (χ2n) is 5.23. The Morgan fingerprint density at radius 3 is 2.60 bits per heavy atom. The van der Waals surface area contributed by atoms with Crippen LogP contribution in [0.15, 0.2) is 0 Å². The van der Waals surface area contributed by atoms with E-state index in [4.69, 9.17) is 10.5 Å². The fourth-order valence-electron chi connectivity index (χ4n) is 2.75. The van der Waals surface area contributed by atoms with Gasteiger partial charge in [-0.3, -0.25) is 0 Å². The number of likely N-dealkylation sites (tertiary alicyclic amines) is 1. The number of nitrogens with two attached hydrogens (primary N) is 1. The molecule has 2 unspecified atom stereocenters. The Morgan fingerprint density at radius 2 is 2.07 bits per heavy atom. The molecule has 0 spiro atoms. The first-order valence-electron chi connectivity index (χ1n) is 6.31. The van der Waals surface area contributed by atoms with Crippen LogP contribution in [0.1, 0.15) is 26.2 Å². The molecule has 2 heterocycles. The Morgan fingerprint density at radius 1 is 1.33 bits per heavy atom. The van der Waals surface area contributed by atoms with Crippen LogP contribution in [0.5, 0.6) is 0 Å². The predicted octanol–water partition coefficient (Wildman–Crippen LogP) is 1.08. The predicted molar refractivity (Wildman–Crippen MR) is 61.7 cm³/mol. The summed E-state index contributed by atoms with van der Waals surface area (Å²) in [5, 5.41) is 0. The van der Waals surface area contributed by atoms with Gasteiger partial charge in [-0.1, -0.05) is 0 Å². The van der Waals surface area contributed by atoms with E-state index in [1.165, 1.54) is 38.9 Å². The Balaban J connectivity index is 1.68. The molecular formula is C12H24N2O. The number of rotatable bonds is 3. The standard InChI is InChI=1S/C12H24N2O/c1-10(13)12-2-5-14(6-3-12)8-11-4-7-15-9-11/h10-12H,2-9,13H2,1H3. The third kappa shape index (κ3) is 3.16. The zero-order chi connectivity index (χ0) is 10.7. The molecule has 2 saturated heterocycles. The number of piperidine rings is 1. The van der Waals surface area contributed by atoms with Crippen molar-refractivity contribution >= 4 is 0 Å². The number of hydrogen-bond acceptors (Lipinski definition) is 3. The van der Waals surface area contributed by atoms with Crippen LogP contribution < -0.4 is 5.73 Å². The van der Waals surface area contributed by atoms with Crippen LogP contribution in [0.2, 0.25) is 0 Å². The first-order valence-corrected chi connectivity index (χ1v) is 6.31. The minimum atomic E-state index is 0.377. The summed E-state index contributed by atoms with van der Waals surface area (Å²) >= 11 is 0. The normalized spacial score (nSPS) is 32.0. The van der Waals surface area contributed by atoms with Crippen molar-refractivity contribution in [3.63, 3.8) is 0 Å². The van der Waals surface area contributed by atoms with Crippen LogP contribution >= 0.6 is 0 Å². The largest absolute Gasteiger partial charge is 0.381 e. The Labute approximate surface area is 93.0 Å². The maximum atomic E-state index is 5.94. The molecule has 88 valence electrons. The Hall–Kier alpha value is -0.120. The molecule has 15 heavy (non-hydrogen) atoms. The maximum Gasteiger partial charge on any atom is 0.0507 e. The lowest BCUT2D eigenvalue weighted by Crippen LogP contribution is -2.41. The quantitative estimate of drug-likeness (QED) is 0.761. The third-order valence-electron chi connectivity index (χ3n) is 3.92. The van der Waals surface area contributed by atoms with Crippen molar-refractivity contribution in [2.24, 2.45) is 17.6 Å². The molecule has 2 fully saturated rings. The lowest BCUT2D eigenvalue weighted by Gasteiger charge is -2.34. The smallest absolute Gasteiger partial charge is 0.0507 e. The van der Waals surface area contributed by atoms with Crippen LogP contribution in [0.4, 0.5) is 0 Å². The molecule has 3 nitrogen and oxygen atoms in total. The van der Waals surface area contributed by atoms with Crippen molar-refractivity contribution in [3.8, 4) is 0 Å². The average Bonchev–Trinajstić information content (AvgIpc) is 2.71. The zero-order valence-electron chi connectivity index (χ0n) is 9.82. The van der Waals surface area contributed by atoms with E-state index >= 15 is 0 Å². The van der Waals surface area contributed by atoms with Gasteiger partial charge in [0.2, 0.25) is 0 Å². The second kappa shape index (κ2) is 5.28. The van der Waals surface area contributed by atoms with Crippen molar-refractivity contribution in [3.05, 3.63) is 0 Å². The molecule has 0 aromatic rings. The van der Waals surface area contributed by atoms with E-state index in [1.807, 2.05) is 0 Å². The van der Waals surface area contributed by atoms with E-state index in [-0.39, 0.29) is 0 Å². The molecular weight excluding hydrogens is 188 g/mol. The van der Waals surface area contributed by atoms with E-state index in [0.29, 0.717) is 6.04 Å². The van der Waals surface area contributed by atoms with E-state index in [1.54, 1.807) is 0 Å². The fraction of sp³-hybridized carbons (Fsp3) is 1.00.